The van der Waals surface area contributed by atoms with E-state index in [1.165, 1.54) is 32.8 Å². The van der Waals surface area contributed by atoms with Crippen molar-refractivity contribution in [1.29, 1.82) is 0 Å². The Hall–Kier alpha value is -1.58. The lowest BCUT2D eigenvalue weighted by atomic mass is 9.87. The summed E-state index contributed by atoms with van der Waals surface area (Å²) in [5.41, 5.74) is 0.541. The van der Waals surface area contributed by atoms with Crippen molar-refractivity contribution in [3.05, 3.63) is 23.9 Å². The van der Waals surface area contributed by atoms with Gasteiger partial charge in [-0.15, -0.1) is 0 Å². The molecule has 0 atom stereocenters. The van der Waals surface area contributed by atoms with E-state index >= 15 is 0 Å². The Morgan fingerprint density at radius 2 is 2.11 bits per heavy atom. The molecule has 1 fully saturated rings. The van der Waals surface area contributed by atoms with Crippen LogP contribution in [0.3, 0.4) is 0 Å². The average molecular weight is 248 g/mol. The van der Waals surface area contributed by atoms with Gasteiger partial charge in [0.25, 0.3) is 0 Å². The number of ether oxygens (including phenoxy) is 1. The number of nitrogens with one attached hydrogen (secondary N) is 1. The maximum atomic E-state index is 11.4. The molecule has 2 rings (SSSR count). The van der Waals surface area contributed by atoms with Crippen molar-refractivity contribution >= 4 is 11.8 Å². The van der Waals surface area contributed by atoms with Gasteiger partial charge < -0.3 is 10.1 Å². The molecule has 1 aromatic heterocycles. The van der Waals surface area contributed by atoms with Crippen LogP contribution in [0.5, 0.6) is 0 Å². The van der Waals surface area contributed by atoms with Crippen LogP contribution in [-0.4, -0.2) is 24.1 Å². The number of hydrogen-bond acceptors (Lipinski definition) is 4. The predicted molar refractivity (Wildman–Crippen MR) is 70.6 cm³/mol. The molecular formula is C14H20N2O2. The van der Waals surface area contributed by atoms with E-state index in [2.05, 4.69) is 17.2 Å². The van der Waals surface area contributed by atoms with Gasteiger partial charge >= 0.3 is 5.97 Å². The lowest BCUT2D eigenvalue weighted by Crippen LogP contribution is -2.25. The molecule has 0 aliphatic heterocycles. The fraction of sp³-hybridized carbons (Fsp3) is 0.571. The molecule has 0 spiro atoms. The third kappa shape index (κ3) is 3.22. The second-order valence-electron chi connectivity index (χ2n) is 5.02. The van der Waals surface area contributed by atoms with Crippen LogP contribution >= 0.6 is 0 Å². The predicted octanol–water partition coefficient (Wildman–Crippen LogP) is 2.86. The molecule has 1 aliphatic rings. The molecule has 4 nitrogen and oxygen atoms in total. The van der Waals surface area contributed by atoms with E-state index in [9.17, 15) is 4.79 Å². The number of anilines is 1. The number of hydrogen-bond donors (Lipinski definition) is 1. The van der Waals surface area contributed by atoms with E-state index in [1.54, 1.807) is 18.3 Å². The van der Waals surface area contributed by atoms with Gasteiger partial charge in [-0.25, -0.2) is 9.78 Å². The highest BCUT2D eigenvalue weighted by molar-refractivity contribution is 5.89. The number of pyridine rings is 1. The van der Waals surface area contributed by atoms with Gasteiger partial charge in [-0.1, -0.05) is 6.92 Å². The maximum Gasteiger partial charge on any atom is 0.338 e. The zero-order valence-electron chi connectivity index (χ0n) is 11.0. The summed E-state index contributed by atoms with van der Waals surface area (Å²) in [5, 5.41) is 3.40. The fourth-order valence-corrected chi connectivity index (χ4v) is 2.37. The van der Waals surface area contributed by atoms with Crippen molar-refractivity contribution in [2.24, 2.45) is 5.92 Å². The summed E-state index contributed by atoms with van der Waals surface area (Å²) in [6, 6.07) is 3.89. The molecule has 0 unspecified atom stereocenters. The van der Waals surface area contributed by atoms with Gasteiger partial charge in [0.15, 0.2) is 0 Å². The summed E-state index contributed by atoms with van der Waals surface area (Å²) in [4.78, 5) is 15.7. The normalized spacial score (nSPS) is 23.4. The van der Waals surface area contributed by atoms with Crippen LogP contribution in [0, 0.1) is 5.92 Å². The van der Waals surface area contributed by atoms with E-state index in [0.29, 0.717) is 11.6 Å². The highest BCUT2D eigenvalue weighted by atomic mass is 16.5. The Morgan fingerprint density at radius 3 is 2.78 bits per heavy atom. The van der Waals surface area contributed by atoms with Crippen LogP contribution in [-0.2, 0) is 4.74 Å². The minimum atomic E-state index is -0.322. The first-order valence-corrected chi connectivity index (χ1v) is 6.50. The number of esters is 1. The molecule has 0 aromatic carbocycles. The van der Waals surface area contributed by atoms with Crippen LogP contribution < -0.4 is 5.32 Å². The maximum absolute atomic E-state index is 11.4. The Morgan fingerprint density at radius 1 is 1.39 bits per heavy atom. The first kappa shape index (κ1) is 12.9. The van der Waals surface area contributed by atoms with Crippen LogP contribution in [0.25, 0.3) is 0 Å². The third-order valence-corrected chi connectivity index (χ3v) is 3.55. The molecule has 1 saturated carbocycles. The smallest absolute Gasteiger partial charge is 0.338 e. The Kier molecular flexibility index (Phi) is 4.18. The minimum absolute atomic E-state index is 0.322. The topological polar surface area (TPSA) is 51.2 Å². The summed E-state index contributed by atoms with van der Waals surface area (Å²) in [5.74, 6) is 1.27. The van der Waals surface area contributed by atoms with Crippen molar-refractivity contribution in [2.45, 2.75) is 38.6 Å². The second kappa shape index (κ2) is 5.85. The summed E-state index contributed by atoms with van der Waals surface area (Å²) in [6.45, 7) is 2.30. The summed E-state index contributed by atoms with van der Waals surface area (Å²) < 4.78 is 4.70. The van der Waals surface area contributed by atoms with Crippen molar-refractivity contribution < 1.29 is 9.53 Å². The van der Waals surface area contributed by atoms with E-state index in [4.69, 9.17) is 4.74 Å². The SMILES string of the molecule is COC(=O)c1ccnc(NC2CCC(C)CC2)c1. The first-order valence-electron chi connectivity index (χ1n) is 6.50. The van der Waals surface area contributed by atoms with Gasteiger partial charge in [-0.2, -0.15) is 0 Å². The molecule has 0 radical (unpaired) electrons. The van der Waals surface area contributed by atoms with Gasteiger partial charge in [0, 0.05) is 12.2 Å². The Labute approximate surface area is 108 Å². The van der Waals surface area contributed by atoms with Crippen molar-refractivity contribution in [1.82, 2.24) is 4.98 Å². The Balaban J connectivity index is 1.99. The van der Waals surface area contributed by atoms with Gasteiger partial charge in [-0.3, -0.25) is 0 Å². The molecule has 1 aliphatic carbocycles. The largest absolute Gasteiger partial charge is 0.465 e. The van der Waals surface area contributed by atoms with Crippen molar-refractivity contribution in [3.8, 4) is 0 Å². The molecule has 1 heterocycles. The van der Waals surface area contributed by atoms with Gasteiger partial charge in [-0.05, 0) is 43.7 Å². The fourth-order valence-electron chi connectivity index (χ4n) is 2.37. The number of methoxy groups -OCH3 is 1. The molecule has 1 aromatic rings. The number of nitrogens with zero attached hydrogens (tertiary/aromatic N) is 1. The molecular weight excluding hydrogens is 228 g/mol. The van der Waals surface area contributed by atoms with E-state index in [-0.39, 0.29) is 5.97 Å². The quantitative estimate of drug-likeness (QED) is 0.836. The van der Waals surface area contributed by atoms with Crippen molar-refractivity contribution in [3.63, 3.8) is 0 Å². The van der Waals surface area contributed by atoms with Crippen LogP contribution in [0.1, 0.15) is 43.0 Å². The Bertz CT molecular complexity index is 412. The van der Waals surface area contributed by atoms with Crippen LogP contribution in [0.2, 0.25) is 0 Å². The summed E-state index contributed by atoms with van der Waals surface area (Å²) in [6.07, 6.45) is 6.50. The van der Waals surface area contributed by atoms with E-state index in [0.717, 1.165) is 11.7 Å². The highest BCUT2D eigenvalue weighted by Gasteiger charge is 2.18. The average Bonchev–Trinajstić information content (AvgIpc) is 2.41. The molecule has 18 heavy (non-hydrogen) atoms. The molecule has 4 heteroatoms. The monoisotopic (exact) mass is 248 g/mol. The van der Waals surface area contributed by atoms with Gasteiger partial charge in [0.2, 0.25) is 0 Å². The van der Waals surface area contributed by atoms with Crippen LogP contribution in [0.4, 0.5) is 5.82 Å². The highest BCUT2D eigenvalue weighted by Crippen LogP contribution is 2.25. The molecule has 0 saturated heterocycles. The summed E-state index contributed by atoms with van der Waals surface area (Å²) >= 11 is 0. The minimum Gasteiger partial charge on any atom is -0.465 e. The second-order valence-corrected chi connectivity index (χ2v) is 5.02. The van der Waals surface area contributed by atoms with Crippen molar-refractivity contribution in [2.75, 3.05) is 12.4 Å². The first-order chi connectivity index (χ1) is 8.69. The molecule has 0 bridgehead atoms. The lowest BCUT2D eigenvalue weighted by Gasteiger charge is -2.27. The zero-order valence-corrected chi connectivity index (χ0v) is 11.0. The molecule has 1 N–H and O–H groups in total. The lowest BCUT2D eigenvalue weighted by molar-refractivity contribution is 0.0600. The number of carbonyl (C=O) groups excluding carboxylic acids is 1. The van der Waals surface area contributed by atoms with E-state index in [1.807, 2.05) is 0 Å². The number of aromatic nitrogens is 1. The third-order valence-electron chi connectivity index (χ3n) is 3.55. The number of carbonyl (C=O) groups is 1. The van der Waals surface area contributed by atoms with Crippen LogP contribution in [0.15, 0.2) is 18.3 Å². The zero-order chi connectivity index (χ0) is 13.0. The van der Waals surface area contributed by atoms with Gasteiger partial charge in [0.05, 0.1) is 12.7 Å². The van der Waals surface area contributed by atoms with E-state index < -0.39 is 0 Å². The molecule has 0 amide bonds. The standard InChI is InChI=1S/C14H20N2O2/c1-10-3-5-12(6-4-10)16-13-9-11(7-8-15-13)14(17)18-2/h7-10,12H,3-6H2,1-2H3,(H,15,16). The summed E-state index contributed by atoms with van der Waals surface area (Å²) in [7, 11) is 1.39. The molecule has 98 valence electrons. The van der Waals surface area contributed by atoms with Gasteiger partial charge in [0.1, 0.15) is 5.82 Å². The number of rotatable bonds is 3.